The molecule has 2 aliphatic heterocycles. The first kappa shape index (κ1) is 20.0. The monoisotopic (exact) mass is 423 g/mol. The summed E-state index contributed by atoms with van der Waals surface area (Å²) in [5, 5.41) is 4.06. The van der Waals surface area contributed by atoms with Crippen LogP contribution >= 0.6 is 23.2 Å². The highest BCUT2D eigenvalue weighted by molar-refractivity contribution is 7.86. The largest absolute Gasteiger partial charge is 0.288 e. The van der Waals surface area contributed by atoms with Gasteiger partial charge in [-0.25, -0.2) is 4.68 Å². The molecule has 2 saturated heterocycles. The van der Waals surface area contributed by atoms with Gasteiger partial charge in [0.25, 0.3) is 15.8 Å². The van der Waals surface area contributed by atoms with Crippen molar-refractivity contribution in [2.45, 2.75) is 32.4 Å². The van der Waals surface area contributed by atoms with Crippen molar-refractivity contribution < 1.29 is 8.42 Å². The Morgan fingerprint density at radius 3 is 2.12 bits per heavy atom. The Hall–Kier alpha value is -0.710. The van der Waals surface area contributed by atoms with Gasteiger partial charge in [0, 0.05) is 39.3 Å². The Bertz CT molecular complexity index is 785. The van der Waals surface area contributed by atoms with Crippen molar-refractivity contribution in [3.8, 4) is 0 Å². The van der Waals surface area contributed by atoms with Gasteiger partial charge in [0.2, 0.25) is 0 Å². The second-order valence-corrected chi connectivity index (χ2v) is 9.30. The molecular formula is C15H23Cl2N5O3S. The standard InChI is InChI=1S/C15H23Cl2N5O3S/c16-13-11-18-22(15(23)14(13)17)12-19-7-9-21(10-8-19)26(24,25)20-5-3-1-2-4-6-20/h11H,1-10,12H2. The van der Waals surface area contributed by atoms with E-state index < -0.39 is 15.8 Å². The average Bonchev–Trinajstić information content (AvgIpc) is 2.93. The highest BCUT2D eigenvalue weighted by Crippen LogP contribution is 2.18. The molecule has 0 aliphatic carbocycles. The molecule has 0 saturated carbocycles. The average molecular weight is 424 g/mol. The number of nitrogens with zero attached hydrogens (tertiary/aromatic N) is 5. The molecule has 2 fully saturated rings. The first-order valence-electron chi connectivity index (χ1n) is 8.78. The predicted molar refractivity (Wildman–Crippen MR) is 101 cm³/mol. The number of hydrogen-bond donors (Lipinski definition) is 0. The van der Waals surface area contributed by atoms with Crippen molar-refractivity contribution in [2.75, 3.05) is 39.3 Å². The van der Waals surface area contributed by atoms with Crippen molar-refractivity contribution in [1.29, 1.82) is 0 Å². The fourth-order valence-corrected chi connectivity index (χ4v) is 5.21. The van der Waals surface area contributed by atoms with Crippen LogP contribution in [0.3, 0.4) is 0 Å². The molecule has 1 aromatic heterocycles. The zero-order valence-corrected chi connectivity index (χ0v) is 16.8. The van der Waals surface area contributed by atoms with Gasteiger partial charge in [-0.2, -0.15) is 22.1 Å². The third kappa shape index (κ3) is 4.40. The van der Waals surface area contributed by atoms with Gasteiger partial charge < -0.3 is 0 Å². The van der Waals surface area contributed by atoms with E-state index in [-0.39, 0.29) is 16.7 Å². The summed E-state index contributed by atoms with van der Waals surface area (Å²) in [6.07, 6.45) is 5.36. The first-order valence-corrected chi connectivity index (χ1v) is 10.9. The van der Waals surface area contributed by atoms with E-state index in [4.69, 9.17) is 23.2 Å². The molecule has 0 N–H and O–H groups in total. The molecule has 0 unspecified atom stereocenters. The molecule has 26 heavy (non-hydrogen) atoms. The SMILES string of the molecule is O=c1c(Cl)c(Cl)cnn1CN1CCN(S(=O)(=O)N2CCCCCC2)CC1. The van der Waals surface area contributed by atoms with Crippen LogP contribution in [0.5, 0.6) is 0 Å². The van der Waals surface area contributed by atoms with Gasteiger partial charge in [0.15, 0.2) is 0 Å². The highest BCUT2D eigenvalue weighted by atomic mass is 35.5. The maximum Gasteiger partial charge on any atom is 0.288 e. The number of aromatic nitrogens is 2. The second-order valence-electron chi connectivity index (χ2n) is 6.59. The minimum Gasteiger partial charge on any atom is -0.282 e. The van der Waals surface area contributed by atoms with E-state index in [1.165, 1.54) is 10.9 Å². The normalized spacial score (nSPS) is 21.6. The fraction of sp³-hybridized carbons (Fsp3) is 0.733. The first-order chi connectivity index (χ1) is 12.4. The van der Waals surface area contributed by atoms with E-state index in [9.17, 15) is 13.2 Å². The predicted octanol–water partition coefficient (Wildman–Crippen LogP) is 1.25. The number of hydrogen-bond acceptors (Lipinski definition) is 5. The Morgan fingerprint density at radius 2 is 1.50 bits per heavy atom. The van der Waals surface area contributed by atoms with E-state index in [1.807, 2.05) is 4.90 Å². The van der Waals surface area contributed by atoms with Gasteiger partial charge in [-0.3, -0.25) is 9.69 Å². The summed E-state index contributed by atoms with van der Waals surface area (Å²) >= 11 is 11.6. The number of halogens is 2. The molecule has 1 aromatic rings. The van der Waals surface area contributed by atoms with Crippen LogP contribution < -0.4 is 5.56 Å². The lowest BCUT2D eigenvalue weighted by molar-refractivity contribution is 0.138. The van der Waals surface area contributed by atoms with E-state index in [0.717, 1.165) is 25.7 Å². The molecule has 3 heterocycles. The lowest BCUT2D eigenvalue weighted by atomic mass is 10.2. The number of rotatable bonds is 4. The Morgan fingerprint density at radius 1 is 0.923 bits per heavy atom. The topological polar surface area (TPSA) is 78.8 Å². The van der Waals surface area contributed by atoms with Crippen LogP contribution in [0.15, 0.2) is 11.0 Å². The molecule has 0 bridgehead atoms. The lowest BCUT2D eigenvalue weighted by Crippen LogP contribution is -2.53. The van der Waals surface area contributed by atoms with Crippen LogP contribution in [0.4, 0.5) is 0 Å². The van der Waals surface area contributed by atoms with E-state index in [2.05, 4.69) is 5.10 Å². The number of piperazine rings is 1. The molecule has 8 nitrogen and oxygen atoms in total. The summed E-state index contributed by atoms with van der Waals surface area (Å²) in [6.45, 7) is 3.32. The van der Waals surface area contributed by atoms with Crippen molar-refractivity contribution in [1.82, 2.24) is 23.3 Å². The summed E-state index contributed by atoms with van der Waals surface area (Å²) in [5.41, 5.74) is -0.446. The van der Waals surface area contributed by atoms with E-state index >= 15 is 0 Å². The van der Waals surface area contributed by atoms with Gasteiger partial charge >= 0.3 is 0 Å². The third-order valence-electron chi connectivity index (χ3n) is 4.83. The van der Waals surface area contributed by atoms with Gasteiger partial charge in [-0.05, 0) is 12.8 Å². The lowest BCUT2D eigenvalue weighted by Gasteiger charge is -2.36. The van der Waals surface area contributed by atoms with E-state index in [0.29, 0.717) is 39.3 Å². The van der Waals surface area contributed by atoms with Gasteiger partial charge in [-0.1, -0.05) is 36.0 Å². The van der Waals surface area contributed by atoms with Crippen LogP contribution in [0, 0.1) is 0 Å². The van der Waals surface area contributed by atoms with E-state index in [1.54, 1.807) is 8.61 Å². The van der Waals surface area contributed by atoms with Gasteiger partial charge in [-0.15, -0.1) is 0 Å². The quantitative estimate of drug-likeness (QED) is 0.727. The molecule has 2 aliphatic rings. The van der Waals surface area contributed by atoms with Crippen molar-refractivity contribution in [3.63, 3.8) is 0 Å². The zero-order valence-electron chi connectivity index (χ0n) is 14.5. The minimum atomic E-state index is -3.41. The van der Waals surface area contributed by atoms with Crippen molar-refractivity contribution in [3.05, 3.63) is 26.6 Å². The van der Waals surface area contributed by atoms with Crippen LogP contribution in [-0.4, -0.2) is 71.0 Å². The summed E-state index contributed by atoms with van der Waals surface area (Å²) in [4.78, 5) is 14.0. The van der Waals surface area contributed by atoms with Crippen molar-refractivity contribution >= 4 is 33.4 Å². The van der Waals surface area contributed by atoms with Gasteiger partial charge in [0.1, 0.15) is 5.02 Å². The molecule has 3 rings (SSSR count). The summed E-state index contributed by atoms with van der Waals surface area (Å²) < 4.78 is 30.1. The summed E-state index contributed by atoms with van der Waals surface area (Å²) in [7, 11) is -3.41. The van der Waals surface area contributed by atoms with Crippen LogP contribution in [-0.2, 0) is 16.9 Å². The van der Waals surface area contributed by atoms with Gasteiger partial charge in [0.05, 0.1) is 17.9 Å². The molecule has 146 valence electrons. The second kappa shape index (κ2) is 8.53. The highest BCUT2D eigenvalue weighted by Gasteiger charge is 2.32. The smallest absolute Gasteiger partial charge is 0.282 e. The molecule has 0 radical (unpaired) electrons. The maximum absolute atomic E-state index is 12.8. The molecule has 0 spiro atoms. The fourth-order valence-electron chi connectivity index (χ4n) is 3.27. The molecular weight excluding hydrogens is 401 g/mol. The Kier molecular flexibility index (Phi) is 6.58. The summed E-state index contributed by atoms with van der Waals surface area (Å²) in [5.74, 6) is 0. The molecule has 0 atom stereocenters. The Balaban J connectivity index is 1.60. The Labute approximate surface area is 163 Å². The maximum atomic E-state index is 12.8. The minimum absolute atomic E-state index is 0.0518. The van der Waals surface area contributed by atoms with Crippen LogP contribution in [0.2, 0.25) is 10.0 Å². The zero-order chi connectivity index (χ0) is 18.7. The summed E-state index contributed by atoms with van der Waals surface area (Å²) in [6, 6.07) is 0. The third-order valence-corrected chi connectivity index (χ3v) is 7.61. The molecule has 0 aromatic carbocycles. The van der Waals surface area contributed by atoms with Crippen LogP contribution in [0.1, 0.15) is 25.7 Å². The van der Waals surface area contributed by atoms with Crippen molar-refractivity contribution in [2.24, 2.45) is 0 Å². The molecule has 11 heteroatoms. The molecule has 0 amide bonds. The van der Waals surface area contributed by atoms with Crippen LogP contribution in [0.25, 0.3) is 0 Å².